The van der Waals surface area contributed by atoms with Crippen molar-refractivity contribution < 1.29 is 9.53 Å². The van der Waals surface area contributed by atoms with Crippen molar-refractivity contribution in [2.45, 2.75) is 32.1 Å². The Morgan fingerprint density at radius 1 is 1.00 bits per heavy atom. The van der Waals surface area contributed by atoms with E-state index < -0.39 is 0 Å². The molecule has 3 rings (SSSR count). The molecule has 1 heterocycles. The largest absolute Gasteiger partial charge is 0.496 e. The predicted octanol–water partition coefficient (Wildman–Crippen LogP) is 4.26. The number of hydrogen-bond donors (Lipinski definition) is 1. The molecular weight excluding hydrogens is 312 g/mol. The number of methoxy groups -OCH3 is 1. The summed E-state index contributed by atoms with van der Waals surface area (Å²) in [7, 11) is 1.63. The molecule has 2 aromatic rings. The normalized spacial score (nSPS) is 14.7. The lowest BCUT2D eigenvalue weighted by Crippen LogP contribution is -2.26. The van der Waals surface area contributed by atoms with Crippen molar-refractivity contribution in [1.29, 1.82) is 0 Å². The average molecular weight is 338 g/mol. The lowest BCUT2D eigenvalue weighted by atomic mass is 10.1. The number of nitrogens with one attached hydrogen (secondary N) is 1. The number of carbonyl (C=O) groups excluding carboxylic acids is 1. The maximum Gasteiger partial charge on any atom is 0.228 e. The fourth-order valence-electron chi connectivity index (χ4n) is 3.38. The minimum absolute atomic E-state index is 0.0215. The summed E-state index contributed by atoms with van der Waals surface area (Å²) in [6, 6.07) is 15.7. The number of nitrogens with zero attached hydrogens (tertiary/aromatic N) is 1. The summed E-state index contributed by atoms with van der Waals surface area (Å²) in [5.41, 5.74) is 2.91. The number of anilines is 2. The second-order valence-electron chi connectivity index (χ2n) is 6.46. The van der Waals surface area contributed by atoms with Gasteiger partial charge in [-0.2, -0.15) is 0 Å². The monoisotopic (exact) mass is 338 g/mol. The number of carbonyl (C=O) groups is 1. The van der Waals surface area contributed by atoms with Gasteiger partial charge in [0.2, 0.25) is 5.91 Å². The SMILES string of the molecule is COc1ccccc1CC(=O)Nc1ccccc1N1CCCCCC1. The van der Waals surface area contributed by atoms with E-state index in [4.69, 9.17) is 4.74 Å². The highest BCUT2D eigenvalue weighted by atomic mass is 16.5. The molecule has 0 saturated carbocycles. The molecule has 1 N–H and O–H groups in total. The second kappa shape index (κ2) is 8.56. The molecule has 0 aliphatic carbocycles. The molecule has 0 atom stereocenters. The molecule has 2 aromatic carbocycles. The van der Waals surface area contributed by atoms with E-state index in [2.05, 4.69) is 16.3 Å². The molecule has 1 amide bonds. The van der Waals surface area contributed by atoms with E-state index in [1.807, 2.05) is 42.5 Å². The van der Waals surface area contributed by atoms with Gasteiger partial charge in [-0.05, 0) is 31.0 Å². The quantitative estimate of drug-likeness (QED) is 0.886. The molecule has 1 aliphatic heterocycles. The fourth-order valence-corrected chi connectivity index (χ4v) is 3.38. The summed E-state index contributed by atoms with van der Waals surface area (Å²) in [4.78, 5) is 15.0. The van der Waals surface area contributed by atoms with Crippen LogP contribution in [0.4, 0.5) is 11.4 Å². The van der Waals surface area contributed by atoms with Gasteiger partial charge in [0.05, 0.1) is 24.9 Å². The van der Waals surface area contributed by atoms with E-state index in [-0.39, 0.29) is 5.91 Å². The molecule has 4 nitrogen and oxygen atoms in total. The van der Waals surface area contributed by atoms with Gasteiger partial charge in [0, 0.05) is 18.7 Å². The van der Waals surface area contributed by atoms with Gasteiger partial charge in [0.15, 0.2) is 0 Å². The molecule has 0 radical (unpaired) electrons. The minimum Gasteiger partial charge on any atom is -0.496 e. The summed E-state index contributed by atoms with van der Waals surface area (Å²) in [6.07, 6.45) is 5.31. The van der Waals surface area contributed by atoms with Gasteiger partial charge in [-0.25, -0.2) is 0 Å². The zero-order valence-corrected chi connectivity index (χ0v) is 14.8. The van der Waals surface area contributed by atoms with Crippen LogP contribution >= 0.6 is 0 Å². The number of rotatable bonds is 5. The van der Waals surface area contributed by atoms with Crippen molar-refractivity contribution in [3.63, 3.8) is 0 Å². The van der Waals surface area contributed by atoms with Gasteiger partial charge in [-0.1, -0.05) is 43.2 Å². The summed E-state index contributed by atoms with van der Waals surface area (Å²) >= 11 is 0. The Bertz CT molecular complexity index is 707. The first-order valence-corrected chi connectivity index (χ1v) is 9.03. The first-order valence-electron chi connectivity index (χ1n) is 9.03. The van der Waals surface area contributed by atoms with Crippen LogP contribution in [0.2, 0.25) is 0 Å². The van der Waals surface area contributed by atoms with E-state index in [0.29, 0.717) is 6.42 Å². The summed E-state index contributed by atoms with van der Waals surface area (Å²) in [6.45, 7) is 2.11. The second-order valence-corrected chi connectivity index (χ2v) is 6.46. The van der Waals surface area contributed by atoms with Crippen LogP contribution in [-0.4, -0.2) is 26.1 Å². The summed E-state index contributed by atoms with van der Waals surface area (Å²) in [5, 5.41) is 3.09. The Kier molecular flexibility index (Phi) is 5.94. The molecule has 0 unspecified atom stereocenters. The van der Waals surface area contributed by atoms with E-state index in [0.717, 1.165) is 35.8 Å². The molecule has 0 aromatic heterocycles. The first kappa shape index (κ1) is 17.3. The van der Waals surface area contributed by atoms with E-state index in [1.165, 1.54) is 25.7 Å². The van der Waals surface area contributed by atoms with Crippen LogP contribution in [0.1, 0.15) is 31.2 Å². The average Bonchev–Trinajstić information content (AvgIpc) is 2.92. The molecular formula is C21H26N2O2. The highest BCUT2D eigenvalue weighted by molar-refractivity contribution is 5.95. The maximum absolute atomic E-state index is 12.6. The highest BCUT2D eigenvalue weighted by Crippen LogP contribution is 2.28. The van der Waals surface area contributed by atoms with Crippen molar-refractivity contribution in [2.24, 2.45) is 0 Å². The van der Waals surface area contributed by atoms with Gasteiger partial charge in [-0.3, -0.25) is 4.79 Å². The Morgan fingerprint density at radius 3 is 2.44 bits per heavy atom. The third kappa shape index (κ3) is 4.53. The first-order chi connectivity index (χ1) is 12.3. The molecule has 1 fully saturated rings. The van der Waals surface area contributed by atoms with Gasteiger partial charge < -0.3 is 15.0 Å². The Hall–Kier alpha value is -2.49. The van der Waals surface area contributed by atoms with Crippen LogP contribution in [0, 0.1) is 0 Å². The van der Waals surface area contributed by atoms with E-state index in [9.17, 15) is 4.79 Å². The third-order valence-corrected chi connectivity index (χ3v) is 4.67. The number of ether oxygens (including phenoxy) is 1. The van der Waals surface area contributed by atoms with Crippen LogP contribution in [0.25, 0.3) is 0 Å². The molecule has 0 bridgehead atoms. The highest BCUT2D eigenvalue weighted by Gasteiger charge is 2.15. The minimum atomic E-state index is -0.0215. The Balaban J connectivity index is 1.73. The molecule has 132 valence electrons. The van der Waals surface area contributed by atoms with Crippen molar-refractivity contribution in [2.75, 3.05) is 30.4 Å². The maximum atomic E-state index is 12.6. The van der Waals surface area contributed by atoms with Crippen LogP contribution in [0.15, 0.2) is 48.5 Å². The standard InChI is InChI=1S/C21H26N2O2/c1-25-20-13-7-4-10-17(20)16-21(24)22-18-11-5-6-12-19(18)23-14-8-2-3-9-15-23/h4-7,10-13H,2-3,8-9,14-16H2,1H3,(H,22,24). The Labute approximate surface area is 149 Å². The molecule has 1 saturated heterocycles. The number of amides is 1. The number of para-hydroxylation sites is 3. The lowest BCUT2D eigenvalue weighted by molar-refractivity contribution is -0.115. The topological polar surface area (TPSA) is 41.6 Å². The molecule has 0 spiro atoms. The number of benzene rings is 2. The van der Waals surface area contributed by atoms with Crippen LogP contribution < -0.4 is 15.0 Å². The van der Waals surface area contributed by atoms with Crippen molar-refractivity contribution in [3.05, 3.63) is 54.1 Å². The Morgan fingerprint density at radius 2 is 1.68 bits per heavy atom. The van der Waals surface area contributed by atoms with E-state index >= 15 is 0 Å². The van der Waals surface area contributed by atoms with Crippen LogP contribution in [-0.2, 0) is 11.2 Å². The third-order valence-electron chi connectivity index (χ3n) is 4.67. The summed E-state index contributed by atoms with van der Waals surface area (Å²) in [5.74, 6) is 0.727. The van der Waals surface area contributed by atoms with Crippen molar-refractivity contribution in [1.82, 2.24) is 0 Å². The van der Waals surface area contributed by atoms with Gasteiger partial charge in [0.1, 0.15) is 5.75 Å². The molecule has 1 aliphatic rings. The zero-order valence-electron chi connectivity index (χ0n) is 14.8. The predicted molar refractivity (Wildman–Crippen MR) is 102 cm³/mol. The fraction of sp³-hybridized carbons (Fsp3) is 0.381. The van der Waals surface area contributed by atoms with Crippen molar-refractivity contribution >= 4 is 17.3 Å². The van der Waals surface area contributed by atoms with Gasteiger partial charge in [-0.15, -0.1) is 0 Å². The molecule has 25 heavy (non-hydrogen) atoms. The van der Waals surface area contributed by atoms with Gasteiger partial charge >= 0.3 is 0 Å². The molecule has 4 heteroatoms. The van der Waals surface area contributed by atoms with Crippen LogP contribution in [0.3, 0.4) is 0 Å². The lowest BCUT2D eigenvalue weighted by Gasteiger charge is -2.25. The van der Waals surface area contributed by atoms with Crippen LogP contribution in [0.5, 0.6) is 5.75 Å². The van der Waals surface area contributed by atoms with E-state index in [1.54, 1.807) is 7.11 Å². The van der Waals surface area contributed by atoms with Gasteiger partial charge in [0.25, 0.3) is 0 Å². The van der Waals surface area contributed by atoms with Crippen molar-refractivity contribution in [3.8, 4) is 5.75 Å². The summed E-state index contributed by atoms with van der Waals surface area (Å²) < 4.78 is 5.34. The smallest absolute Gasteiger partial charge is 0.228 e. The number of hydrogen-bond acceptors (Lipinski definition) is 3. The zero-order chi connectivity index (χ0) is 17.5.